The Bertz CT molecular complexity index is 3330. The molecule has 2 fully saturated rings. The first-order valence-electron chi connectivity index (χ1n) is 29.8. The van der Waals surface area contributed by atoms with Gasteiger partial charge in [0.05, 0.1) is 41.7 Å². The molecule has 2 aromatic heterocycles. The molecule has 4 aliphatic rings. The Kier molecular flexibility index (Phi) is 21.9. The third kappa shape index (κ3) is 14.9. The minimum absolute atomic E-state index is 0.0514. The second-order valence-corrected chi connectivity index (χ2v) is 25.2. The number of ether oxygens (including phenoxy) is 5. The lowest BCUT2D eigenvalue weighted by molar-refractivity contribution is -0.272. The molecule has 0 bridgehead atoms. The van der Waals surface area contributed by atoms with E-state index in [9.17, 15) is 48.6 Å². The van der Waals surface area contributed by atoms with Gasteiger partial charge in [-0.15, -0.1) is 0 Å². The maximum absolute atomic E-state index is 14.5. The van der Waals surface area contributed by atoms with Crippen LogP contribution in [-0.2, 0) is 71.3 Å². The van der Waals surface area contributed by atoms with Crippen LogP contribution in [0, 0.1) is 17.8 Å². The lowest BCUT2D eigenvalue weighted by Gasteiger charge is -2.40. The van der Waals surface area contributed by atoms with Crippen molar-refractivity contribution in [2.45, 2.75) is 167 Å². The molecule has 26 heteroatoms. The molecule has 4 aliphatic heterocycles. The number of thiocarbonyl (C=S) groups is 1. The van der Waals surface area contributed by atoms with Crippen molar-refractivity contribution in [2.75, 3.05) is 37.5 Å². The Morgan fingerprint density at radius 2 is 1.56 bits per heavy atom. The lowest BCUT2D eigenvalue weighted by atomic mass is 9.85. The molecule has 0 aliphatic carbocycles. The van der Waals surface area contributed by atoms with Gasteiger partial charge >= 0.3 is 11.9 Å². The van der Waals surface area contributed by atoms with Crippen LogP contribution in [0.1, 0.15) is 104 Å². The number of aromatic nitrogens is 2. The summed E-state index contributed by atoms with van der Waals surface area (Å²) in [5.74, 6) is -5.43. The number of fused-ring (bicyclic) bond motifs is 5. The summed E-state index contributed by atoms with van der Waals surface area (Å²) in [6, 6.07) is 12.4. The van der Waals surface area contributed by atoms with Crippen LogP contribution >= 0.6 is 24.0 Å². The summed E-state index contributed by atoms with van der Waals surface area (Å²) in [6.07, 6.45) is -1.86. The highest BCUT2D eigenvalue weighted by molar-refractivity contribution is 7.98. The zero-order valence-corrected chi connectivity index (χ0v) is 52.8. The number of hydrogen-bond donors (Lipinski definition) is 8. The molecule has 2 saturated heterocycles. The molecule has 0 spiro atoms. The molecule has 88 heavy (non-hydrogen) atoms. The van der Waals surface area contributed by atoms with E-state index in [1.54, 1.807) is 73.7 Å². The molecule has 11 atom stereocenters. The van der Waals surface area contributed by atoms with Crippen molar-refractivity contribution >= 4 is 87.2 Å². The normalized spacial score (nSPS) is 22.5. The number of benzene rings is 2. The van der Waals surface area contributed by atoms with Gasteiger partial charge in [0.15, 0.2) is 5.11 Å². The van der Waals surface area contributed by atoms with E-state index in [1.807, 2.05) is 58.0 Å². The molecule has 8 rings (SSSR count). The third-order valence-corrected chi connectivity index (χ3v) is 17.2. The highest BCUT2D eigenvalue weighted by Crippen LogP contribution is 2.41. The van der Waals surface area contributed by atoms with E-state index in [-0.39, 0.29) is 66.2 Å². The number of para-hydroxylation sites is 1. The van der Waals surface area contributed by atoms with Crippen LogP contribution in [0.2, 0.25) is 0 Å². The molecule has 0 saturated carbocycles. The number of aliphatic hydroxyl groups is 2. The summed E-state index contributed by atoms with van der Waals surface area (Å²) < 4.78 is 30.1. The number of nitrogens with zero attached hydrogens (tertiary/aromatic N) is 3. The highest BCUT2D eigenvalue weighted by Gasteiger charge is 2.52. The van der Waals surface area contributed by atoms with Gasteiger partial charge in [-0.1, -0.05) is 66.7 Å². The number of nitrogens with one attached hydrogen (secondary N) is 6. The van der Waals surface area contributed by atoms with Crippen LogP contribution in [0.3, 0.4) is 0 Å². The van der Waals surface area contributed by atoms with Crippen molar-refractivity contribution in [2.24, 2.45) is 17.8 Å². The van der Waals surface area contributed by atoms with Crippen molar-refractivity contribution in [1.29, 1.82) is 0 Å². The zero-order valence-electron chi connectivity index (χ0n) is 51.2. The Hall–Kier alpha value is -7.23. The van der Waals surface area contributed by atoms with E-state index in [1.165, 1.54) is 18.9 Å². The van der Waals surface area contributed by atoms with E-state index in [2.05, 4.69) is 31.9 Å². The van der Waals surface area contributed by atoms with Gasteiger partial charge in [0.25, 0.3) is 5.56 Å². The average Bonchev–Trinajstić information content (AvgIpc) is 1.53. The predicted octanol–water partition coefficient (Wildman–Crippen LogP) is 3.52. The molecule has 476 valence electrons. The second-order valence-electron chi connectivity index (χ2n) is 23.9. The van der Waals surface area contributed by atoms with Crippen LogP contribution in [0.4, 0.5) is 5.69 Å². The summed E-state index contributed by atoms with van der Waals surface area (Å²) in [7, 11) is 1.38. The second kappa shape index (κ2) is 28.9. The summed E-state index contributed by atoms with van der Waals surface area (Å²) in [5, 5.41) is 39.0. The van der Waals surface area contributed by atoms with E-state index in [0.717, 1.165) is 10.9 Å². The van der Waals surface area contributed by atoms with Crippen LogP contribution in [0.25, 0.3) is 22.3 Å². The molecule has 0 radical (unpaired) electrons. The Morgan fingerprint density at radius 1 is 0.875 bits per heavy atom. The van der Waals surface area contributed by atoms with E-state index >= 15 is 0 Å². The van der Waals surface area contributed by atoms with Crippen molar-refractivity contribution < 1.29 is 67.5 Å². The number of carbonyl (C=O) groups excluding carboxylic acids is 7. The number of rotatable bonds is 24. The maximum atomic E-state index is 14.5. The number of aliphatic hydroxyl groups excluding tert-OH is 2. The average molecular weight is 1260 g/mol. The highest BCUT2D eigenvalue weighted by atomic mass is 32.2. The third-order valence-electron chi connectivity index (χ3n) is 16.2. The molecule has 2 unspecified atom stereocenters. The Morgan fingerprint density at radius 3 is 2.22 bits per heavy atom. The van der Waals surface area contributed by atoms with Gasteiger partial charge in [-0.25, -0.2) is 14.6 Å². The van der Waals surface area contributed by atoms with Crippen molar-refractivity contribution in [1.82, 2.24) is 41.0 Å². The van der Waals surface area contributed by atoms with Gasteiger partial charge in [0.1, 0.15) is 60.9 Å². The molecule has 6 heterocycles. The quantitative estimate of drug-likeness (QED) is 0.0324. The van der Waals surface area contributed by atoms with Crippen LogP contribution in [0.5, 0.6) is 5.75 Å². The number of likely N-dealkylation sites (tertiary alicyclic amines) is 1. The Balaban J connectivity index is 0.866. The number of thioether (sulfide) groups is 1. The lowest BCUT2D eigenvalue weighted by Crippen LogP contribution is -2.59. The first kappa shape index (κ1) is 66.7. The largest absolute Gasteiger partial charge is 0.462 e. The molecule has 4 aromatic rings. The van der Waals surface area contributed by atoms with Crippen molar-refractivity contribution in [3.63, 3.8) is 0 Å². The summed E-state index contributed by atoms with van der Waals surface area (Å²) >= 11 is 7.01. The summed E-state index contributed by atoms with van der Waals surface area (Å²) in [4.78, 5) is 119. The van der Waals surface area contributed by atoms with E-state index in [4.69, 9.17) is 40.9 Å². The molecule has 5 amide bonds. The molecule has 24 nitrogen and oxygen atoms in total. The van der Waals surface area contributed by atoms with E-state index < -0.39 is 126 Å². The summed E-state index contributed by atoms with van der Waals surface area (Å²) in [5.41, 5.74) is 0.978. The fourth-order valence-corrected chi connectivity index (χ4v) is 12.4. The standard InChI is InChI=1S/C62H81N9O15S2/c1-11-62(40-26-46-49-36(25-35-15-12-13-16-41(35)66-49)28-71(46)57(79)39(40)29-83-60(62)81)86-58(80)48(33(6)7)69-55(77)44(30-88-10)68-54(76)43(24-32(4)5)65-47(72)27-63-53(75)42(23-31(2)3)67-56(78)45-17-14-22-70(45)61(87)64-37-18-20-38(21-19-37)85-59-51(74)52(82-9)50(73)34(8)84-59/h12-13,15-16,18-21,25-26,31-34,42-45,48,50-52,59,73-74H,11,14,17,22-24,27-30H2,1-10H3,(H,63,75)(H,64,87)(H,65,72)(H,67,78)(H,68,76)(H,69,77)/t34-,42+,43-,44-,45-,48-,50+,51+,52+,59?,62?/m1/s1. The van der Waals surface area contributed by atoms with E-state index in [0.29, 0.717) is 47.7 Å². The number of hydrogen-bond acceptors (Lipinski definition) is 18. The Labute approximate surface area is 520 Å². The topological polar surface area (TPSA) is 316 Å². The van der Waals surface area contributed by atoms with Gasteiger partial charge in [-0.3, -0.25) is 28.8 Å². The van der Waals surface area contributed by atoms with Gasteiger partial charge in [-0.2, -0.15) is 11.8 Å². The van der Waals surface area contributed by atoms with Gasteiger partial charge in [0, 0.05) is 41.6 Å². The van der Waals surface area contributed by atoms with Crippen molar-refractivity contribution in [3.05, 3.63) is 87.7 Å². The minimum Gasteiger partial charge on any atom is -0.462 e. The van der Waals surface area contributed by atoms with Crippen LogP contribution in [-0.4, -0.2) is 164 Å². The maximum Gasteiger partial charge on any atom is 0.355 e. The first-order valence-corrected chi connectivity index (χ1v) is 31.6. The van der Waals surface area contributed by atoms with Crippen molar-refractivity contribution in [3.8, 4) is 17.1 Å². The first-order chi connectivity index (χ1) is 41.9. The van der Waals surface area contributed by atoms with Gasteiger partial charge in [0.2, 0.25) is 41.4 Å². The molecule has 2 aromatic carbocycles. The van der Waals surface area contributed by atoms with Gasteiger partial charge < -0.3 is 75.3 Å². The predicted molar refractivity (Wildman–Crippen MR) is 331 cm³/mol. The number of esters is 2. The van der Waals surface area contributed by atoms with Crippen LogP contribution in [0.15, 0.2) is 65.5 Å². The number of anilines is 1. The number of carbonyl (C=O) groups is 7. The fraction of sp³-hybridized carbons (Fsp3) is 0.548. The monoisotopic (exact) mass is 1260 g/mol. The number of cyclic esters (lactones) is 1. The SMILES string of the molecule is CCC1(OC(=O)[C@H](NC(=O)[C@@H](CSC)NC(=O)[C@@H](CC(C)C)NC(=O)CNC(=O)[C@H](CC(C)C)NC(=O)[C@H]2CCCN2C(=S)Nc2ccc(OC3O[C@H](C)[C@H](O)[C@H](OC)[C@@H]3O)cc2)C(C)C)C(=O)OCc2c1cc1n(c2=O)Cc2cc3ccccc3nc2-1. The number of amides is 5. The zero-order chi connectivity index (χ0) is 63.9. The fourth-order valence-electron chi connectivity index (χ4n) is 11.5. The molecular weight excluding hydrogens is 1170 g/mol. The number of methoxy groups -OCH3 is 1. The summed E-state index contributed by atoms with van der Waals surface area (Å²) in [6.45, 7) is 13.9. The number of pyridine rings is 2. The van der Waals surface area contributed by atoms with Crippen LogP contribution < -0.4 is 42.2 Å². The smallest absolute Gasteiger partial charge is 0.355 e. The minimum atomic E-state index is -2.06. The molecule has 8 N–H and O–H groups in total. The van der Waals surface area contributed by atoms with Gasteiger partial charge in [-0.05, 0) is 118 Å². The molecular formula is C62H81N9O15S2.